The van der Waals surface area contributed by atoms with Gasteiger partial charge in [-0.2, -0.15) is 0 Å². The van der Waals surface area contributed by atoms with Gasteiger partial charge in [-0.3, -0.25) is 9.59 Å². The number of carbonyl (C=O) groups is 2. The Morgan fingerprint density at radius 2 is 1.07 bits per heavy atom. The first-order valence-electron chi connectivity index (χ1n) is 18.6. The van der Waals surface area contributed by atoms with Gasteiger partial charge in [-0.1, -0.05) is 98.3 Å². The second-order valence-electron chi connectivity index (χ2n) is 13.1. The van der Waals surface area contributed by atoms with Gasteiger partial charge in [0.25, 0.3) is 0 Å². The SMILES string of the molecule is CC(=O)Oc1ccc2cc(-c3ccc(Br)cc3)c(=O)oc2c1.CCCCCB(O)O.CCCCCc1ccc(-c2cc3ccc(OC(C)=O)cc3oc2=O)cc1. The van der Waals surface area contributed by atoms with Gasteiger partial charge in [0, 0.05) is 41.2 Å². The minimum Gasteiger partial charge on any atom is -0.427 e. The number of esters is 2. The average molecular weight is 826 g/mol. The number of aryl methyl sites for hydroxylation is 1. The van der Waals surface area contributed by atoms with Gasteiger partial charge in [0.15, 0.2) is 0 Å². The number of fused-ring (bicyclic) bond motifs is 2. The van der Waals surface area contributed by atoms with Crippen LogP contribution in [0.4, 0.5) is 0 Å². The summed E-state index contributed by atoms with van der Waals surface area (Å²) in [6.07, 6.45) is 8.34. The van der Waals surface area contributed by atoms with E-state index in [0.29, 0.717) is 40.1 Å². The third-order valence-electron chi connectivity index (χ3n) is 8.49. The van der Waals surface area contributed by atoms with Crippen molar-refractivity contribution in [3.05, 3.63) is 128 Å². The Bertz CT molecular complexity index is 2330. The third kappa shape index (κ3) is 13.5. The second-order valence-corrected chi connectivity index (χ2v) is 14.0. The maximum absolute atomic E-state index is 12.4. The molecule has 0 aliphatic heterocycles. The molecule has 0 saturated carbocycles. The smallest absolute Gasteiger partial charge is 0.427 e. The highest BCUT2D eigenvalue weighted by molar-refractivity contribution is 9.10. The van der Waals surface area contributed by atoms with Crippen LogP contribution in [-0.4, -0.2) is 29.1 Å². The Balaban J connectivity index is 0.000000211. The van der Waals surface area contributed by atoms with E-state index < -0.39 is 30.3 Å². The number of hydrogen-bond donors (Lipinski definition) is 2. The molecule has 6 rings (SSSR count). The Hall–Kier alpha value is -5.30. The maximum atomic E-state index is 12.4. The van der Waals surface area contributed by atoms with Crippen molar-refractivity contribution in [1.82, 2.24) is 0 Å². The van der Waals surface area contributed by atoms with E-state index in [9.17, 15) is 19.2 Å². The molecule has 0 saturated heterocycles. The van der Waals surface area contributed by atoms with E-state index in [1.165, 1.54) is 44.7 Å². The largest absolute Gasteiger partial charge is 0.451 e. The van der Waals surface area contributed by atoms with Gasteiger partial charge in [-0.25, -0.2) is 9.59 Å². The summed E-state index contributed by atoms with van der Waals surface area (Å²) in [6.45, 7) is 6.92. The van der Waals surface area contributed by atoms with Crippen LogP contribution in [0.2, 0.25) is 6.32 Å². The molecule has 10 nitrogen and oxygen atoms in total. The van der Waals surface area contributed by atoms with Crippen LogP contribution in [0.1, 0.15) is 71.8 Å². The Kier molecular flexibility index (Phi) is 16.8. The van der Waals surface area contributed by atoms with E-state index >= 15 is 0 Å². The van der Waals surface area contributed by atoms with Gasteiger partial charge in [0.05, 0.1) is 11.1 Å². The van der Waals surface area contributed by atoms with Crippen molar-refractivity contribution in [2.75, 3.05) is 0 Å². The van der Waals surface area contributed by atoms with Crippen molar-refractivity contribution < 1.29 is 37.9 Å². The molecule has 0 atom stereocenters. The standard InChI is InChI=1S/C22H22O4.C17H11BrO4.C5H13BO2/c1-3-4-5-6-16-7-9-17(10-8-16)20-13-18-11-12-19(25-15(2)23)14-21(18)26-22(20)24;1-10(19)21-14-7-4-12-8-15(17(20)22-16(12)9-14)11-2-5-13(18)6-3-11;1-2-3-4-5-6(7)8/h7-14H,3-6H2,1-2H3;2-9H,1H3;7-8H,2-5H2,1H3. The van der Waals surface area contributed by atoms with Crippen molar-refractivity contribution in [3.63, 3.8) is 0 Å². The number of rotatable bonds is 12. The third-order valence-corrected chi connectivity index (χ3v) is 9.02. The first-order valence-corrected chi connectivity index (χ1v) is 19.4. The monoisotopic (exact) mass is 824 g/mol. The fourth-order valence-corrected chi connectivity index (χ4v) is 5.95. The number of benzene rings is 4. The molecular formula is C44H46BBrO10. The van der Waals surface area contributed by atoms with Crippen LogP contribution in [0.5, 0.6) is 11.5 Å². The lowest BCUT2D eigenvalue weighted by atomic mass is 9.84. The molecule has 0 radical (unpaired) electrons. The van der Waals surface area contributed by atoms with E-state index in [4.69, 9.17) is 28.4 Å². The summed E-state index contributed by atoms with van der Waals surface area (Å²) in [7, 11) is -1.10. The quantitative estimate of drug-likeness (QED) is 0.0401. The zero-order chi connectivity index (χ0) is 40.6. The summed E-state index contributed by atoms with van der Waals surface area (Å²) in [4.78, 5) is 46.6. The number of halogens is 1. The summed E-state index contributed by atoms with van der Waals surface area (Å²) in [6, 6.07) is 29.0. The molecule has 0 amide bonds. The van der Waals surface area contributed by atoms with Crippen LogP contribution < -0.4 is 20.7 Å². The molecule has 2 heterocycles. The van der Waals surface area contributed by atoms with Crippen molar-refractivity contribution >= 4 is 56.9 Å². The first kappa shape index (κ1) is 43.4. The molecule has 0 unspecified atom stereocenters. The van der Waals surface area contributed by atoms with E-state index in [-0.39, 0.29) is 0 Å². The van der Waals surface area contributed by atoms with Gasteiger partial charge < -0.3 is 28.4 Å². The summed E-state index contributed by atoms with van der Waals surface area (Å²) in [5.74, 6) is -0.132. The molecule has 0 aliphatic rings. The Morgan fingerprint density at radius 1 is 0.625 bits per heavy atom. The molecule has 2 aromatic heterocycles. The predicted molar refractivity (Wildman–Crippen MR) is 224 cm³/mol. The fourth-order valence-electron chi connectivity index (χ4n) is 5.68. The summed E-state index contributed by atoms with van der Waals surface area (Å²) in [5.41, 5.74) is 3.84. The van der Waals surface area contributed by atoms with Crippen LogP contribution in [0.3, 0.4) is 0 Å². The normalized spacial score (nSPS) is 10.6. The van der Waals surface area contributed by atoms with Crippen molar-refractivity contribution in [2.24, 2.45) is 0 Å². The zero-order valence-electron chi connectivity index (χ0n) is 32.0. The van der Waals surface area contributed by atoms with Gasteiger partial charge in [0.1, 0.15) is 22.7 Å². The van der Waals surface area contributed by atoms with E-state index in [0.717, 1.165) is 52.1 Å². The van der Waals surface area contributed by atoms with E-state index in [1.807, 2.05) is 42.5 Å². The molecule has 0 aliphatic carbocycles. The van der Waals surface area contributed by atoms with Crippen LogP contribution in [0.25, 0.3) is 44.2 Å². The van der Waals surface area contributed by atoms with E-state index in [2.05, 4.69) is 41.9 Å². The van der Waals surface area contributed by atoms with Gasteiger partial charge in [0.2, 0.25) is 0 Å². The maximum Gasteiger partial charge on any atom is 0.451 e. The summed E-state index contributed by atoms with van der Waals surface area (Å²) >= 11 is 3.36. The number of carbonyl (C=O) groups excluding carboxylic acids is 2. The molecule has 56 heavy (non-hydrogen) atoms. The van der Waals surface area contributed by atoms with Crippen LogP contribution in [0.15, 0.2) is 120 Å². The highest BCUT2D eigenvalue weighted by atomic mass is 79.9. The van der Waals surface area contributed by atoms with Gasteiger partial charge in [-0.15, -0.1) is 0 Å². The Labute approximate surface area is 334 Å². The molecular weight excluding hydrogens is 779 g/mol. The highest BCUT2D eigenvalue weighted by Crippen LogP contribution is 2.27. The summed E-state index contributed by atoms with van der Waals surface area (Å²) in [5, 5.41) is 18.2. The molecule has 0 spiro atoms. The minimum atomic E-state index is -1.10. The van der Waals surface area contributed by atoms with Crippen LogP contribution >= 0.6 is 15.9 Å². The van der Waals surface area contributed by atoms with E-state index in [1.54, 1.807) is 36.4 Å². The fraction of sp³-hybridized carbons (Fsp3) is 0.273. The topological polar surface area (TPSA) is 153 Å². The molecule has 12 heteroatoms. The Morgan fingerprint density at radius 3 is 1.50 bits per heavy atom. The molecule has 4 aromatic carbocycles. The number of unbranched alkanes of at least 4 members (excludes halogenated alkanes) is 4. The molecule has 2 N–H and O–H groups in total. The van der Waals surface area contributed by atoms with Crippen molar-refractivity contribution in [2.45, 2.75) is 79.0 Å². The lowest BCUT2D eigenvalue weighted by Crippen LogP contribution is -2.09. The zero-order valence-corrected chi connectivity index (χ0v) is 33.6. The second kappa shape index (κ2) is 21.7. The van der Waals surface area contributed by atoms with Crippen LogP contribution in [-0.2, 0) is 16.0 Å². The molecule has 0 bridgehead atoms. The molecule has 6 aromatic rings. The molecule has 0 fully saturated rings. The van der Waals surface area contributed by atoms with Gasteiger partial charge >= 0.3 is 30.3 Å². The predicted octanol–water partition coefficient (Wildman–Crippen LogP) is 9.92. The number of hydrogen-bond acceptors (Lipinski definition) is 10. The lowest BCUT2D eigenvalue weighted by molar-refractivity contribution is -0.132. The average Bonchev–Trinajstić information content (AvgIpc) is 3.15. The van der Waals surface area contributed by atoms with Crippen LogP contribution in [0, 0.1) is 0 Å². The highest BCUT2D eigenvalue weighted by Gasteiger charge is 2.11. The lowest BCUT2D eigenvalue weighted by Gasteiger charge is -2.06. The van der Waals surface area contributed by atoms with Crippen molar-refractivity contribution in [1.29, 1.82) is 0 Å². The minimum absolute atomic E-state index is 0.347. The molecule has 292 valence electrons. The summed E-state index contributed by atoms with van der Waals surface area (Å²) < 4.78 is 21.7. The first-order chi connectivity index (χ1) is 26.9. The van der Waals surface area contributed by atoms with Crippen molar-refractivity contribution in [3.8, 4) is 33.8 Å². The number of ether oxygens (including phenoxy) is 2. The van der Waals surface area contributed by atoms with Gasteiger partial charge in [-0.05, 0) is 84.4 Å².